The molecule has 0 aliphatic rings. The van der Waals surface area contributed by atoms with Gasteiger partial charge in [0.1, 0.15) is 10.9 Å². The summed E-state index contributed by atoms with van der Waals surface area (Å²) in [4.78, 5) is 41.4. The van der Waals surface area contributed by atoms with Crippen molar-refractivity contribution in [1.82, 2.24) is 5.32 Å². The van der Waals surface area contributed by atoms with Gasteiger partial charge in [-0.15, -0.1) is 11.8 Å². The Hall–Kier alpha value is -5.40. The highest BCUT2D eigenvalue weighted by Gasteiger charge is 2.23. The molecule has 3 N–H and O–H groups in total. The van der Waals surface area contributed by atoms with Gasteiger partial charge in [0.15, 0.2) is 0 Å². The lowest BCUT2D eigenvalue weighted by atomic mass is 10.0. The van der Waals surface area contributed by atoms with Crippen molar-refractivity contribution in [3.63, 3.8) is 0 Å². The monoisotopic (exact) mass is 653 g/mol. The third-order valence-electron chi connectivity index (χ3n) is 7.99. The van der Waals surface area contributed by atoms with E-state index in [1.165, 1.54) is 17.3 Å². The number of carbonyl (C=O) groups excluding carboxylic acids is 3. The van der Waals surface area contributed by atoms with E-state index in [9.17, 15) is 14.4 Å². The molecule has 7 heteroatoms. The second-order valence-corrected chi connectivity index (χ2v) is 13.0. The van der Waals surface area contributed by atoms with E-state index in [1.807, 2.05) is 111 Å². The minimum absolute atomic E-state index is 0.106. The van der Waals surface area contributed by atoms with Crippen LogP contribution in [-0.2, 0) is 9.59 Å². The molecule has 242 valence electrons. The molecule has 0 spiro atoms. The lowest BCUT2D eigenvalue weighted by molar-refractivity contribution is -0.116. The van der Waals surface area contributed by atoms with Crippen LogP contribution in [0.25, 0.3) is 6.08 Å². The first kappa shape index (κ1) is 33.9. The van der Waals surface area contributed by atoms with E-state index in [1.54, 1.807) is 36.4 Å². The Morgan fingerprint density at radius 3 is 2.04 bits per heavy atom. The summed E-state index contributed by atoms with van der Waals surface area (Å²) in [5.41, 5.74) is 6.79. The lowest BCUT2D eigenvalue weighted by Gasteiger charge is -2.19. The Kier molecular flexibility index (Phi) is 11.3. The predicted octanol–water partition coefficient (Wildman–Crippen LogP) is 9.31. The Morgan fingerprint density at radius 1 is 0.688 bits per heavy atom. The summed E-state index contributed by atoms with van der Waals surface area (Å²) in [6, 6.07) is 39.5. The Morgan fingerprint density at radius 2 is 1.35 bits per heavy atom. The van der Waals surface area contributed by atoms with Crippen molar-refractivity contribution in [2.24, 2.45) is 0 Å². The average molecular weight is 654 g/mol. The molecule has 1 atom stereocenters. The van der Waals surface area contributed by atoms with Crippen molar-refractivity contribution in [2.75, 3.05) is 10.6 Å². The van der Waals surface area contributed by atoms with Crippen molar-refractivity contribution in [1.29, 1.82) is 0 Å². The molecule has 0 aliphatic carbocycles. The molecule has 0 radical (unpaired) electrons. The summed E-state index contributed by atoms with van der Waals surface area (Å²) in [5, 5.41) is 8.32. The number of rotatable bonds is 11. The van der Waals surface area contributed by atoms with Crippen LogP contribution in [0.4, 0.5) is 11.4 Å². The Balaban J connectivity index is 1.39. The lowest BCUT2D eigenvalue weighted by Crippen LogP contribution is -2.30. The Labute approximate surface area is 286 Å². The topological polar surface area (TPSA) is 87.3 Å². The van der Waals surface area contributed by atoms with E-state index >= 15 is 0 Å². The highest BCUT2D eigenvalue weighted by atomic mass is 32.2. The number of aryl methyl sites for hydroxylation is 1. The molecule has 0 saturated carbocycles. The molecule has 1 unspecified atom stereocenters. The smallest absolute Gasteiger partial charge is 0.272 e. The van der Waals surface area contributed by atoms with Gasteiger partial charge in [-0.25, -0.2) is 0 Å². The van der Waals surface area contributed by atoms with Gasteiger partial charge in [-0.1, -0.05) is 105 Å². The first-order valence-corrected chi connectivity index (χ1v) is 16.7. The summed E-state index contributed by atoms with van der Waals surface area (Å²) in [6.45, 7) is 8.25. The van der Waals surface area contributed by atoms with Crippen LogP contribution in [0.15, 0.2) is 138 Å². The number of hydrogen-bond acceptors (Lipinski definition) is 4. The van der Waals surface area contributed by atoms with Crippen LogP contribution in [0.1, 0.15) is 63.2 Å². The van der Waals surface area contributed by atoms with Gasteiger partial charge in [0, 0.05) is 21.8 Å². The van der Waals surface area contributed by atoms with Crippen molar-refractivity contribution < 1.29 is 14.4 Å². The van der Waals surface area contributed by atoms with Gasteiger partial charge in [-0.2, -0.15) is 0 Å². The van der Waals surface area contributed by atoms with E-state index in [0.29, 0.717) is 17.2 Å². The van der Waals surface area contributed by atoms with Crippen LogP contribution in [0, 0.1) is 13.8 Å². The summed E-state index contributed by atoms with van der Waals surface area (Å²) < 4.78 is 0. The van der Waals surface area contributed by atoms with E-state index in [-0.39, 0.29) is 17.5 Å². The predicted molar refractivity (Wildman–Crippen MR) is 197 cm³/mol. The minimum atomic E-state index is -0.550. The zero-order valence-electron chi connectivity index (χ0n) is 27.5. The fraction of sp³-hybridized carbons (Fsp3) is 0.146. The van der Waals surface area contributed by atoms with Gasteiger partial charge < -0.3 is 16.0 Å². The van der Waals surface area contributed by atoms with Crippen molar-refractivity contribution >= 4 is 46.9 Å². The molecule has 5 aromatic rings. The third kappa shape index (κ3) is 8.90. The van der Waals surface area contributed by atoms with Gasteiger partial charge in [-0.05, 0) is 90.1 Å². The largest absolute Gasteiger partial charge is 0.325 e. The van der Waals surface area contributed by atoms with Gasteiger partial charge in [0.2, 0.25) is 5.91 Å². The van der Waals surface area contributed by atoms with Crippen molar-refractivity contribution in [3.05, 3.63) is 166 Å². The fourth-order valence-corrected chi connectivity index (χ4v) is 6.14. The van der Waals surface area contributed by atoms with E-state index < -0.39 is 11.2 Å². The standard InChI is InChI=1S/C41H39N3O3S/c1-27(2)31-23-21-30(22-24-31)25-37(44-39(45)33-16-9-6-10-17-33)40(46)42-34-18-12-19-35(26-34)48-38(32-14-7-5-8-15-32)41(47)43-36-20-11-13-28(3)29(36)4/h5-27,38H,1-4H3,(H,42,46)(H,43,47)(H,44,45)/b37-25+. The molecule has 48 heavy (non-hydrogen) atoms. The zero-order valence-corrected chi connectivity index (χ0v) is 28.3. The number of anilines is 2. The second-order valence-electron chi connectivity index (χ2n) is 11.8. The molecule has 0 aromatic heterocycles. The maximum Gasteiger partial charge on any atom is 0.272 e. The highest BCUT2D eigenvalue weighted by Crippen LogP contribution is 2.37. The third-order valence-corrected chi connectivity index (χ3v) is 9.24. The van der Waals surface area contributed by atoms with Crippen LogP contribution in [0.5, 0.6) is 0 Å². The Bertz CT molecular complexity index is 1920. The van der Waals surface area contributed by atoms with E-state index in [0.717, 1.165) is 32.8 Å². The zero-order chi connectivity index (χ0) is 34.0. The molecular weight excluding hydrogens is 615 g/mol. The molecule has 0 fully saturated rings. The first-order valence-electron chi connectivity index (χ1n) is 15.9. The molecular formula is C41H39N3O3S. The van der Waals surface area contributed by atoms with E-state index in [2.05, 4.69) is 29.8 Å². The van der Waals surface area contributed by atoms with Crippen LogP contribution >= 0.6 is 11.8 Å². The summed E-state index contributed by atoms with van der Waals surface area (Å²) in [7, 11) is 0. The van der Waals surface area contributed by atoms with Gasteiger partial charge in [0.05, 0.1) is 0 Å². The summed E-state index contributed by atoms with van der Waals surface area (Å²) in [6.07, 6.45) is 1.67. The first-order chi connectivity index (χ1) is 23.2. The van der Waals surface area contributed by atoms with Crippen LogP contribution < -0.4 is 16.0 Å². The molecule has 5 rings (SSSR count). The van der Waals surface area contributed by atoms with Gasteiger partial charge in [-0.3, -0.25) is 14.4 Å². The fourth-order valence-electron chi connectivity index (χ4n) is 5.05. The van der Waals surface area contributed by atoms with Gasteiger partial charge in [0.25, 0.3) is 11.8 Å². The van der Waals surface area contributed by atoms with Crippen molar-refractivity contribution in [2.45, 2.75) is 43.8 Å². The number of hydrogen-bond donors (Lipinski definition) is 3. The number of benzene rings is 5. The molecule has 6 nitrogen and oxygen atoms in total. The quantitative estimate of drug-likeness (QED) is 0.0980. The summed E-state index contributed by atoms with van der Waals surface area (Å²) >= 11 is 1.40. The molecule has 5 aromatic carbocycles. The molecule has 0 saturated heterocycles. The number of thioether (sulfide) groups is 1. The number of carbonyl (C=O) groups is 3. The number of nitrogens with one attached hydrogen (secondary N) is 3. The van der Waals surface area contributed by atoms with Crippen LogP contribution in [-0.4, -0.2) is 17.7 Å². The summed E-state index contributed by atoms with van der Waals surface area (Å²) in [5.74, 6) is -0.637. The highest BCUT2D eigenvalue weighted by molar-refractivity contribution is 8.00. The molecule has 3 amide bonds. The van der Waals surface area contributed by atoms with Crippen LogP contribution in [0.2, 0.25) is 0 Å². The maximum atomic E-state index is 13.7. The molecule has 0 bridgehead atoms. The maximum absolute atomic E-state index is 13.7. The number of amides is 3. The molecule has 0 heterocycles. The van der Waals surface area contributed by atoms with Crippen LogP contribution in [0.3, 0.4) is 0 Å². The van der Waals surface area contributed by atoms with Crippen molar-refractivity contribution in [3.8, 4) is 0 Å². The van der Waals surface area contributed by atoms with E-state index in [4.69, 9.17) is 0 Å². The normalized spacial score (nSPS) is 11.9. The minimum Gasteiger partial charge on any atom is -0.325 e. The SMILES string of the molecule is Cc1cccc(NC(=O)C(Sc2cccc(NC(=O)/C(=C\c3ccc(C(C)C)cc3)NC(=O)c3ccccc3)c2)c2ccccc2)c1C. The molecule has 0 aliphatic heterocycles. The second kappa shape index (κ2) is 15.9. The average Bonchev–Trinajstić information content (AvgIpc) is 3.10. The van der Waals surface area contributed by atoms with Gasteiger partial charge >= 0.3 is 0 Å².